The van der Waals surface area contributed by atoms with Gasteiger partial charge in [-0.15, -0.1) is 0 Å². The van der Waals surface area contributed by atoms with Crippen molar-refractivity contribution in [2.75, 3.05) is 10.5 Å². The highest BCUT2D eigenvalue weighted by Crippen LogP contribution is 2.21. The van der Waals surface area contributed by atoms with Gasteiger partial charge in [-0.3, -0.25) is 4.72 Å². The maximum Gasteiger partial charge on any atom is 0.232 e. The van der Waals surface area contributed by atoms with Crippen molar-refractivity contribution in [1.82, 2.24) is 0 Å². The van der Waals surface area contributed by atoms with Gasteiger partial charge in [0.1, 0.15) is 0 Å². The number of benzene rings is 1. The molecule has 0 aliphatic carbocycles. The number of halogens is 1. The molecule has 0 radical (unpaired) electrons. The fourth-order valence-electron chi connectivity index (χ4n) is 1.32. The molecule has 5 heteroatoms. The van der Waals surface area contributed by atoms with E-state index in [0.717, 1.165) is 10.0 Å². The van der Waals surface area contributed by atoms with Crippen molar-refractivity contribution in [2.24, 2.45) is 5.92 Å². The highest BCUT2D eigenvalue weighted by molar-refractivity contribution is 9.10. The third-order valence-corrected chi connectivity index (χ3v) is 4.50. The number of hydrogen-bond donors (Lipinski definition) is 1. The van der Waals surface area contributed by atoms with Gasteiger partial charge in [-0.05, 0) is 30.5 Å². The van der Waals surface area contributed by atoms with E-state index >= 15 is 0 Å². The standard InChI is InChI=1S/C11H16BrNO2S/c1-8(2)7-16(14,15)13-10-5-4-9(3)11(12)6-10/h4-6,8,13H,7H2,1-3H3. The summed E-state index contributed by atoms with van der Waals surface area (Å²) in [6, 6.07) is 5.41. The Labute approximate surface area is 105 Å². The molecule has 1 rings (SSSR count). The van der Waals surface area contributed by atoms with Gasteiger partial charge in [0.15, 0.2) is 0 Å². The van der Waals surface area contributed by atoms with Crippen LogP contribution in [-0.2, 0) is 10.0 Å². The first-order valence-electron chi connectivity index (χ1n) is 5.07. The molecule has 0 atom stereocenters. The molecule has 0 unspecified atom stereocenters. The Bertz CT molecular complexity index is 469. The average molecular weight is 306 g/mol. The Balaban J connectivity index is 2.84. The van der Waals surface area contributed by atoms with Crippen LogP contribution in [0.5, 0.6) is 0 Å². The van der Waals surface area contributed by atoms with E-state index in [-0.39, 0.29) is 11.7 Å². The summed E-state index contributed by atoms with van der Waals surface area (Å²) in [5, 5.41) is 0. The molecule has 1 aromatic carbocycles. The van der Waals surface area contributed by atoms with Crippen LogP contribution in [0.1, 0.15) is 19.4 Å². The van der Waals surface area contributed by atoms with Gasteiger partial charge in [-0.1, -0.05) is 35.8 Å². The van der Waals surface area contributed by atoms with Gasteiger partial charge in [0, 0.05) is 10.2 Å². The lowest BCUT2D eigenvalue weighted by Crippen LogP contribution is -2.20. The van der Waals surface area contributed by atoms with Gasteiger partial charge in [0.05, 0.1) is 5.75 Å². The van der Waals surface area contributed by atoms with E-state index in [9.17, 15) is 8.42 Å². The van der Waals surface area contributed by atoms with Crippen LogP contribution in [0.2, 0.25) is 0 Å². The third-order valence-electron chi connectivity index (χ3n) is 2.00. The van der Waals surface area contributed by atoms with Crippen LogP contribution < -0.4 is 4.72 Å². The Morgan fingerprint density at radius 1 is 1.38 bits per heavy atom. The number of rotatable bonds is 4. The van der Waals surface area contributed by atoms with Crippen molar-refractivity contribution in [3.8, 4) is 0 Å². The van der Waals surface area contributed by atoms with Crippen LogP contribution in [0, 0.1) is 12.8 Å². The van der Waals surface area contributed by atoms with Crippen LogP contribution in [-0.4, -0.2) is 14.2 Å². The molecule has 90 valence electrons. The summed E-state index contributed by atoms with van der Waals surface area (Å²) in [6.07, 6.45) is 0. The zero-order valence-corrected chi connectivity index (χ0v) is 12.0. The second-order valence-electron chi connectivity index (χ2n) is 4.24. The molecule has 1 N–H and O–H groups in total. The molecule has 1 aromatic rings. The van der Waals surface area contributed by atoms with E-state index < -0.39 is 10.0 Å². The van der Waals surface area contributed by atoms with Crippen LogP contribution in [0.4, 0.5) is 5.69 Å². The first-order valence-corrected chi connectivity index (χ1v) is 7.51. The lowest BCUT2D eigenvalue weighted by Gasteiger charge is -2.10. The highest BCUT2D eigenvalue weighted by Gasteiger charge is 2.12. The molecule has 0 aliphatic rings. The number of aryl methyl sites for hydroxylation is 1. The summed E-state index contributed by atoms with van der Waals surface area (Å²) in [5.74, 6) is 0.254. The first-order chi connectivity index (χ1) is 7.30. The summed E-state index contributed by atoms with van der Waals surface area (Å²) in [6.45, 7) is 5.71. The van der Waals surface area contributed by atoms with E-state index in [1.807, 2.05) is 26.8 Å². The van der Waals surface area contributed by atoms with Gasteiger partial charge in [-0.25, -0.2) is 8.42 Å². The molecule has 0 aromatic heterocycles. The predicted octanol–water partition coefficient (Wildman–Crippen LogP) is 3.16. The van der Waals surface area contributed by atoms with Gasteiger partial charge < -0.3 is 0 Å². The van der Waals surface area contributed by atoms with Gasteiger partial charge in [0.2, 0.25) is 10.0 Å². The maximum atomic E-state index is 11.7. The minimum Gasteiger partial charge on any atom is -0.284 e. The average Bonchev–Trinajstić information content (AvgIpc) is 2.08. The Morgan fingerprint density at radius 3 is 2.50 bits per heavy atom. The molecule has 0 amide bonds. The third kappa shape index (κ3) is 4.14. The highest BCUT2D eigenvalue weighted by atomic mass is 79.9. The smallest absolute Gasteiger partial charge is 0.232 e. The predicted molar refractivity (Wildman–Crippen MR) is 71.1 cm³/mol. The summed E-state index contributed by atoms with van der Waals surface area (Å²) in [4.78, 5) is 0. The fourth-order valence-corrected chi connectivity index (χ4v) is 3.14. The van der Waals surface area contributed by atoms with Crippen molar-refractivity contribution in [2.45, 2.75) is 20.8 Å². The Kier molecular flexibility index (Phi) is 4.38. The lowest BCUT2D eigenvalue weighted by molar-refractivity contribution is 0.587. The van der Waals surface area contributed by atoms with Crippen LogP contribution in [0.15, 0.2) is 22.7 Å². The second kappa shape index (κ2) is 5.19. The molecule has 0 heterocycles. The van der Waals surface area contributed by atoms with Gasteiger partial charge in [0.25, 0.3) is 0 Å². The van der Waals surface area contributed by atoms with Crippen molar-refractivity contribution in [3.05, 3.63) is 28.2 Å². The van der Waals surface area contributed by atoms with Crippen molar-refractivity contribution in [1.29, 1.82) is 0 Å². The molecular weight excluding hydrogens is 290 g/mol. The van der Waals surface area contributed by atoms with E-state index in [2.05, 4.69) is 20.7 Å². The number of nitrogens with one attached hydrogen (secondary N) is 1. The molecule has 0 saturated heterocycles. The van der Waals surface area contributed by atoms with Crippen LogP contribution in [0.3, 0.4) is 0 Å². The summed E-state index contributed by atoms with van der Waals surface area (Å²) in [5.41, 5.74) is 1.67. The minimum absolute atomic E-state index is 0.117. The molecule has 0 saturated carbocycles. The summed E-state index contributed by atoms with van der Waals surface area (Å²) in [7, 11) is -3.23. The van der Waals surface area contributed by atoms with Gasteiger partial charge >= 0.3 is 0 Å². The normalized spacial score (nSPS) is 11.8. The molecule has 3 nitrogen and oxygen atoms in total. The summed E-state index contributed by atoms with van der Waals surface area (Å²) >= 11 is 3.37. The quantitative estimate of drug-likeness (QED) is 0.929. The lowest BCUT2D eigenvalue weighted by atomic mass is 10.2. The van der Waals surface area contributed by atoms with E-state index in [1.165, 1.54) is 0 Å². The molecule has 0 fully saturated rings. The van der Waals surface area contributed by atoms with E-state index in [1.54, 1.807) is 12.1 Å². The molecule has 0 aliphatic heterocycles. The van der Waals surface area contributed by atoms with Crippen LogP contribution >= 0.6 is 15.9 Å². The van der Waals surface area contributed by atoms with Crippen molar-refractivity contribution >= 4 is 31.6 Å². The molecular formula is C11H16BrNO2S. The Morgan fingerprint density at radius 2 is 2.00 bits per heavy atom. The summed E-state index contributed by atoms with van der Waals surface area (Å²) < 4.78 is 26.8. The van der Waals surface area contributed by atoms with Crippen molar-refractivity contribution < 1.29 is 8.42 Å². The fraction of sp³-hybridized carbons (Fsp3) is 0.455. The molecule has 0 spiro atoms. The zero-order valence-electron chi connectivity index (χ0n) is 9.62. The number of anilines is 1. The second-order valence-corrected chi connectivity index (χ2v) is 6.86. The minimum atomic E-state index is -3.23. The largest absolute Gasteiger partial charge is 0.284 e. The maximum absolute atomic E-state index is 11.7. The number of sulfonamides is 1. The molecule has 0 bridgehead atoms. The zero-order chi connectivity index (χ0) is 12.3. The van der Waals surface area contributed by atoms with Gasteiger partial charge in [-0.2, -0.15) is 0 Å². The SMILES string of the molecule is Cc1ccc(NS(=O)(=O)CC(C)C)cc1Br. The van der Waals surface area contributed by atoms with E-state index in [0.29, 0.717) is 5.69 Å². The molecule has 16 heavy (non-hydrogen) atoms. The number of hydrogen-bond acceptors (Lipinski definition) is 2. The van der Waals surface area contributed by atoms with Crippen LogP contribution in [0.25, 0.3) is 0 Å². The monoisotopic (exact) mass is 305 g/mol. The Hall–Kier alpha value is -0.550. The topological polar surface area (TPSA) is 46.2 Å². The first kappa shape index (κ1) is 13.5. The van der Waals surface area contributed by atoms with E-state index in [4.69, 9.17) is 0 Å². The van der Waals surface area contributed by atoms with Crippen molar-refractivity contribution in [3.63, 3.8) is 0 Å².